The second-order valence-electron chi connectivity index (χ2n) is 5.57. The number of benzene rings is 1. The average molecular weight is 346 g/mol. The highest BCUT2D eigenvalue weighted by atomic mass is 79.9. The Balaban J connectivity index is 2.03. The highest BCUT2D eigenvalue weighted by Gasteiger charge is 2.25. The van der Waals surface area contributed by atoms with E-state index in [9.17, 15) is 8.78 Å². The molecule has 1 atom stereocenters. The minimum atomic E-state index is -0.452. The molecule has 1 aliphatic rings. The van der Waals surface area contributed by atoms with Crippen LogP contribution in [-0.2, 0) is 6.42 Å². The molecule has 112 valence electrons. The molecule has 0 spiro atoms. The Bertz CT molecular complexity index is 444. The van der Waals surface area contributed by atoms with E-state index in [1.807, 2.05) is 0 Å². The van der Waals surface area contributed by atoms with Gasteiger partial charge in [0, 0.05) is 11.6 Å². The fourth-order valence-corrected chi connectivity index (χ4v) is 3.60. The van der Waals surface area contributed by atoms with Gasteiger partial charge in [-0.05, 0) is 66.2 Å². The Morgan fingerprint density at radius 2 is 2.00 bits per heavy atom. The van der Waals surface area contributed by atoms with Crippen molar-refractivity contribution in [3.63, 3.8) is 0 Å². The van der Waals surface area contributed by atoms with Crippen LogP contribution in [0.1, 0.15) is 44.6 Å². The van der Waals surface area contributed by atoms with Gasteiger partial charge in [0.1, 0.15) is 11.6 Å². The lowest BCUT2D eigenvalue weighted by molar-refractivity contribution is 0.343. The zero-order valence-electron chi connectivity index (χ0n) is 11.9. The van der Waals surface area contributed by atoms with Crippen molar-refractivity contribution >= 4 is 15.9 Å². The van der Waals surface area contributed by atoms with E-state index in [1.54, 1.807) is 0 Å². The summed E-state index contributed by atoms with van der Waals surface area (Å²) in [6, 6.07) is 3.13. The third kappa shape index (κ3) is 3.79. The third-order valence-corrected chi connectivity index (χ3v) is 4.89. The van der Waals surface area contributed by atoms with Gasteiger partial charge in [0.05, 0.1) is 4.47 Å². The Morgan fingerprint density at radius 3 is 2.65 bits per heavy atom. The molecule has 0 radical (unpaired) electrons. The van der Waals surface area contributed by atoms with Gasteiger partial charge in [-0.2, -0.15) is 0 Å². The maximum atomic E-state index is 14.0. The van der Waals surface area contributed by atoms with Crippen molar-refractivity contribution in [3.8, 4) is 0 Å². The fraction of sp³-hybridized carbons (Fsp3) is 0.625. The predicted octanol–water partition coefficient (Wildman–Crippen LogP) is 4.83. The van der Waals surface area contributed by atoms with Crippen LogP contribution in [0.25, 0.3) is 0 Å². The topological polar surface area (TPSA) is 12.0 Å². The van der Waals surface area contributed by atoms with Crippen molar-refractivity contribution in [2.24, 2.45) is 5.92 Å². The Labute approximate surface area is 128 Å². The van der Waals surface area contributed by atoms with E-state index in [0.29, 0.717) is 22.9 Å². The Kier molecular flexibility index (Phi) is 5.97. The molecule has 0 saturated heterocycles. The first-order valence-corrected chi connectivity index (χ1v) is 8.28. The van der Waals surface area contributed by atoms with Crippen molar-refractivity contribution in [1.82, 2.24) is 5.32 Å². The van der Waals surface area contributed by atoms with Gasteiger partial charge < -0.3 is 5.32 Å². The summed E-state index contributed by atoms with van der Waals surface area (Å²) in [4.78, 5) is 0. The minimum absolute atomic E-state index is 0.209. The zero-order valence-corrected chi connectivity index (χ0v) is 13.5. The van der Waals surface area contributed by atoms with E-state index in [4.69, 9.17) is 0 Å². The van der Waals surface area contributed by atoms with Crippen LogP contribution in [0.3, 0.4) is 0 Å². The smallest absolute Gasteiger partial charge is 0.143 e. The Hall–Kier alpha value is -0.480. The lowest BCUT2D eigenvalue weighted by Crippen LogP contribution is -2.35. The molecule has 0 bridgehead atoms. The SMILES string of the molecule is CCNC(CCc1c(F)ccc(Br)c1F)C1CCCC1. The molecule has 2 rings (SSSR count). The monoisotopic (exact) mass is 345 g/mol. The van der Waals surface area contributed by atoms with Gasteiger partial charge in [0.25, 0.3) is 0 Å². The van der Waals surface area contributed by atoms with Gasteiger partial charge in [0.2, 0.25) is 0 Å². The van der Waals surface area contributed by atoms with Crippen molar-refractivity contribution in [3.05, 3.63) is 33.8 Å². The molecule has 0 aliphatic heterocycles. The maximum absolute atomic E-state index is 14.0. The van der Waals surface area contributed by atoms with Crippen LogP contribution in [0, 0.1) is 17.6 Å². The molecular formula is C16H22BrF2N. The van der Waals surface area contributed by atoms with Crippen LogP contribution in [0.15, 0.2) is 16.6 Å². The first-order chi connectivity index (χ1) is 9.63. The van der Waals surface area contributed by atoms with E-state index >= 15 is 0 Å². The fourth-order valence-electron chi connectivity index (χ4n) is 3.22. The highest BCUT2D eigenvalue weighted by Crippen LogP contribution is 2.30. The molecule has 1 aliphatic carbocycles. The van der Waals surface area contributed by atoms with E-state index in [0.717, 1.165) is 13.0 Å². The van der Waals surface area contributed by atoms with E-state index < -0.39 is 11.6 Å². The zero-order chi connectivity index (χ0) is 14.5. The second-order valence-corrected chi connectivity index (χ2v) is 6.42. The molecule has 0 aromatic heterocycles. The summed E-state index contributed by atoms with van der Waals surface area (Å²) in [5.41, 5.74) is 0.209. The molecule has 1 nitrogen and oxygen atoms in total. The van der Waals surface area contributed by atoms with Crippen LogP contribution >= 0.6 is 15.9 Å². The van der Waals surface area contributed by atoms with Crippen LogP contribution < -0.4 is 5.32 Å². The highest BCUT2D eigenvalue weighted by molar-refractivity contribution is 9.10. The molecule has 4 heteroatoms. The molecular weight excluding hydrogens is 324 g/mol. The van der Waals surface area contributed by atoms with Gasteiger partial charge in [-0.3, -0.25) is 0 Å². The van der Waals surface area contributed by atoms with Gasteiger partial charge in [-0.1, -0.05) is 19.8 Å². The molecule has 20 heavy (non-hydrogen) atoms. The number of halogens is 3. The quantitative estimate of drug-likeness (QED) is 0.728. The summed E-state index contributed by atoms with van der Waals surface area (Å²) in [7, 11) is 0. The average Bonchev–Trinajstić information content (AvgIpc) is 2.96. The van der Waals surface area contributed by atoms with Crippen molar-refractivity contribution < 1.29 is 8.78 Å². The number of hydrogen-bond acceptors (Lipinski definition) is 1. The van der Waals surface area contributed by atoms with Crippen LogP contribution in [0.2, 0.25) is 0 Å². The number of nitrogens with one attached hydrogen (secondary N) is 1. The molecule has 0 amide bonds. The van der Waals surface area contributed by atoms with Crippen molar-refractivity contribution in [1.29, 1.82) is 0 Å². The second kappa shape index (κ2) is 7.51. The summed E-state index contributed by atoms with van der Waals surface area (Å²) in [6.45, 7) is 2.99. The van der Waals surface area contributed by atoms with Gasteiger partial charge in [-0.15, -0.1) is 0 Å². The lowest BCUT2D eigenvalue weighted by Gasteiger charge is -2.24. The minimum Gasteiger partial charge on any atom is -0.314 e. The van der Waals surface area contributed by atoms with E-state index in [1.165, 1.54) is 37.8 Å². The molecule has 1 aromatic rings. The van der Waals surface area contributed by atoms with Crippen molar-refractivity contribution in [2.45, 2.75) is 51.5 Å². The molecule has 1 N–H and O–H groups in total. The van der Waals surface area contributed by atoms with Gasteiger partial charge in [0.15, 0.2) is 0 Å². The summed E-state index contributed by atoms with van der Waals surface area (Å²) in [6.07, 6.45) is 6.29. The largest absolute Gasteiger partial charge is 0.314 e. The van der Waals surface area contributed by atoms with Gasteiger partial charge in [-0.25, -0.2) is 8.78 Å². The van der Waals surface area contributed by atoms with E-state index in [2.05, 4.69) is 28.2 Å². The number of rotatable bonds is 6. The van der Waals surface area contributed by atoms with Crippen LogP contribution in [-0.4, -0.2) is 12.6 Å². The van der Waals surface area contributed by atoms with Gasteiger partial charge >= 0.3 is 0 Å². The van der Waals surface area contributed by atoms with Crippen LogP contribution in [0.5, 0.6) is 0 Å². The third-order valence-electron chi connectivity index (χ3n) is 4.28. The standard InChI is InChI=1S/C16H22BrF2N/c1-2-20-15(11-5-3-4-6-11)10-7-12-14(18)9-8-13(17)16(12)19/h8-9,11,15,20H,2-7,10H2,1H3. The number of hydrogen-bond donors (Lipinski definition) is 1. The Morgan fingerprint density at radius 1 is 1.30 bits per heavy atom. The summed E-state index contributed by atoms with van der Waals surface area (Å²) in [5.74, 6) is -0.229. The molecule has 1 unspecified atom stereocenters. The first-order valence-electron chi connectivity index (χ1n) is 7.49. The molecule has 1 fully saturated rings. The van der Waals surface area contributed by atoms with E-state index in [-0.39, 0.29) is 5.56 Å². The first kappa shape index (κ1) is 15.9. The molecule has 0 heterocycles. The summed E-state index contributed by atoms with van der Waals surface area (Å²) < 4.78 is 28.1. The normalized spacial score (nSPS) is 17.6. The predicted molar refractivity (Wildman–Crippen MR) is 81.8 cm³/mol. The van der Waals surface area contributed by atoms with Crippen LogP contribution in [0.4, 0.5) is 8.78 Å². The molecule has 1 saturated carbocycles. The van der Waals surface area contributed by atoms with Crippen molar-refractivity contribution in [2.75, 3.05) is 6.54 Å². The summed E-state index contributed by atoms with van der Waals surface area (Å²) in [5, 5.41) is 3.49. The summed E-state index contributed by atoms with van der Waals surface area (Å²) >= 11 is 3.13. The lowest BCUT2D eigenvalue weighted by atomic mass is 9.92. The maximum Gasteiger partial charge on any atom is 0.143 e. The molecule has 1 aromatic carbocycles.